The first-order valence-corrected chi connectivity index (χ1v) is 8.86. The van der Waals surface area contributed by atoms with Gasteiger partial charge in [0, 0.05) is 10.2 Å². The predicted octanol–water partition coefficient (Wildman–Crippen LogP) is 6.56. The van der Waals surface area contributed by atoms with Crippen LogP contribution in [0.5, 0.6) is 5.75 Å². The standard InChI is InChI=1S/C21H20BrNO.H2O2/c1-15-13-17(22)14-16(2)21(15)23(18-9-5-4-6-10-18)19-11-7-8-12-20(19)24-3;1-2/h4-14H,1-3H3;1-2H. The highest BCUT2D eigenvalue weighted by Crippen LogP contribution is 2.43. The highest BCUT2D eigenvalue weighted by Gasteiger charge is 2.19. The Morgan fingerprint density at radius 1 is 0.846 bits per heavy atom. The van der Waals surface area contributed by atoms with Crippen LogP contribution in [0.2, 0.25) is 0 Å². The molecule has 26 heavy (non-hydrogen) atoms. The normalized spacial score (nSPS) is 9.92. The summed E-state index contributed by atoms with van der Waals surface area (Å²) in [5.41, 5.74) is 5.72. The number of anilines is 3. The van der Waals surface area contributed by atoms with E-state index in [1.54, 1.807) is 7.11 Å². The molecule has 0 bridgehead atoms. The molecule has 0 unspecified atom stereocenters. The summed E-state index contributed by atoms with van der Waals surface area (Å²) in [6.45, 7) is 4.27. The molecule has 0 radical (unpaired) electrons. The molecule has 2 N–H and O–H groups in total. The largest absolute Gasteiger partial charge is 0.495 e. The van der Waals surface area contributed by atoms with Crippen molar-refractivity contribution in [3.63, 3.8) is 0 Å². The van der Waals surface area contributed by atoms with Gasteiger partial charge >= 0.3 is 0 Å². The van der Waals surface area contributed by atoms with Crippen molar-refractivity contribution in [2.45, 2.75) is 13.8 Å². The third kappa shape index (κ3) is 4.25. The Bertz CT molecular complexity index is 830. The Morgan fingerprint density at radius 2 is 1.38 bits per heavy atom. The SMILES string of the molecule is COc1ccccc1N(c1ccccc1)c1c(C)cc(Br)cc1C.OO. The lowest BCUT2D eigenvalue weighted by Gasteiger charge is -2.30. The number of hydrogen-bond acceptors (Lipinski definition) is 4. The number of rotatable bonds is 4. The van der Waals surface area contributed by atoms with Crippen molar-refractivity contribution in [2.75, 3.05) is 12.0 Å². The fourth-order valence-electron chi connectivity index (χ4n) is 3.04. The van der Waals surface area contributed by atoms with Gasteiger partial charge in [-0.2, -0.15) is 0 Å². The first-order valence-electron chi connectivity index (χ1n) is 8.06. The zero-order valence-corrected chi connectivity index (χ0v) is 16.6. The second-order valence-corrected chi connectivity index (χ2v) is 6.65. The molecule has 0 atom stereocenters. The Balaban J connectivity index is 0.00000117. The zero-order valence-electron chi connectivity index (χ0n) is 15.0. The van der Waals surface area contributed by atoms with Gasteiger partial charge in [-0.05, 0) is 61.4 Å². The summed E-state index contributed by atoms with van der Waals surface area (Å²) >= 11 is 3.59. The number of aryl methyl sites for hydroxylation is 2. The van der Waals surface area contributed by atoms with E-state index in [9.17, 15) is 0 Å². The van der Waals surface area contributed by atoms with Crippen molar-refractivity contribution < 1.29 is 15.3 Å². The molecule has 3 rings (SSSR count). The van der Waals surface area contributed by atoms with E-state index in [1.165, 1.54) is 16.8 Å². The van der Waals surface area contributed by atoms with Gasteiger partial charge in [0.1, 0.15) is 5.75 Å². The highest BCUT2D eigenvalue weighted by molar-refractivity contribution is 9.10. The second-order valence-electron chi connectivity index (χ2n) is 5.73. The summed E-state index contributed by atoms with van der Waals surface area (Å²) < 4.78 is 6.71. The van der Waals surface area contributed by atoms with Crippen LogP contribution in [0.4, 0.5) is 17.1 Å². The summed E-state index contributed by atoms with van der Waals surface area (Å²) in [7, 11) is 1.71. The molecular formula is C21H22BrNO3. The van der Waals surface area contributed by atoms with E-state index in [4.69, 9.17) is 15.3 Å². The molecule has 5 heteroatoms. The molecule has 0 aromatic heterocycles. The number of halogens is 1. The Kier molecular flexibility index (Phi) is 7.21. The van der Waals surface area contributed by atoms with Crippen molar-refractivity contribution in [1.29, 1.82) is 0 Å². The van der Waals surface area contributed by atoms with Crippen molar-refractivity contribution in [3.05, 3.63) is 82.3 Å². The summed E-state index contributed by atoms with van der Waals surface area (Å²) in [6.07, 6.45) is 0. The van der Waals surface area contributed by atoms with Crippen molar-refractivity contribution >= 4 is 33.0 Å². The molecule has 4 nitrogen and oxygen atoms in total. The summed E-state index contributed by atoms with van der Waals surface area (Å²) in [6, 6.07) is 22.8. The van der Waals surface area contributed by atoms with Crippen LogP contribution in [0.15, 0.2) is 71.2 Å². The lowest BCUT2D eigenvalue weighted by Crippen LogP contribution is -2.13. The first kappa shape index (κ1) is 20.0. The van der Waals surface area contributed by atoms with Gasteiger partial charge in [0.2, 0.25) is 0 Å². The van der Waals surface area contributed by atoms with E-state index in [0.717, 1.165) is 21.6 Å². The third-order valence-electron chi connectivity index (χ3n) is 4.02. The molecule has 0 heterocycles. The van der Waals surface area contributed by atoms with Crippen LogP contribution < -0.4 is 9.64 Å². The molecule has 0 aliphatic rings. The van der Waals surface area contributed by atoms with E-state index >= 15 is 0 Å². The van der Waals surface area contributed by atoms with Crippen molar-refractivity contribution in [2.24, 2.45) is 0 Å². The van der Waals surface area contributed by atoms with Gasteiger partial charge in [-0.25, -0.2) is 0 Å². The number of ether oxygens (including phenoxy) is 1. The van der Waals surface area contributed by atoms with Crippen LogP contribution in [0.1, 0.15) is 11.1 Å². The smallest absolute Gasteiger partial charge is 0.142 e. The van der Waals surface area contributed by atoms with Crippen molar-refractivity contribution in [3.8, 4) is 5.75 Å². The van der Waals surface area contributed by atoms with Crippen LogP contribution in [0.3, 0.4) is 0 Å². The van der Waals surface area contributed by atoms with E-state index in [0.29, 0.717) is 0 Å². The second kappa shape index (κ2) is 9.38. The number of hydrogen-bond donors (Lipinski definition) is 2. The molecule has 0 saturated heterocycles. The Hall–Kier alpha value is -2.34. The quantitative estimate of drug-likeness (QED) is 0.374. The van der Waals surface area contributed by atoms with Crippen LogP contribution in [-0.4, -0.2) is 17.6 Å². The molecule has 3 aromatic carbocycles. The van der Waals surface area contributed by atoms with E-state index in [1.807, 2.05) is 24.3 Å². The lowest BCUT2D eigenvalue weighted by molar-refractivity contribution is -0.176. The average molecular weight is 416 g/mol. The van der Waals surface area contributed by atoms with Crippen molar-refractivity contribution in [1.82, 2.24) is 0 Å². The number of benzene rings is 3. The van der Waals surface area contributed by atoms with Gasteiger partial charge in [-0.3, -0.25) is 10.5 Å². The van der Waals surface area contributed by atoms with Gasteiger partial charge < -0.3 is 9.64 Å². The summed E-state index contributed by atoms with van der Waals surface area (Å²) in [5.74, 6) is 0.850. The fraction of sp³-hybridized carbons (Fsp3) is 0.143. The van der Waals surface area contributed by atoms with Gasteiger partial charge in [-0.15, -0.1) is 0 Å². The third-order valence-corrected chi connectivity index (χ3v) is 4.48. The van der Waals surface area contributed by atoms with Gasteiger partial charge in [-0.1, -0.05) is 46.3 Å². The molecular weight excluding hydrogens is 394 g/mol. The first-order chi connectivity index (χ1) is 12.6. The summed E-state index contributed by atoms with van der Waals surface area (Å²) in [4.78, 5) is 2.26. The Morgan fingerprint density at radius 3 is 1.96 bits per heavy atom. The van der Waals surface area contributed by atoms with Crippen LogP contribution in [-0.2, 0) is 0 Å². The topological polar surface area (TPSA) is 52.9 Å². The minimum Gasteiger partial charge on any atom is -0.495 e. The maximum Gasteiger partial charge on any atom is 0.142 e. The summed E-state index contributed by atoms with van der Waals surface area (Å²) in [5, 5.41) is 12.0. The van der Waals surface area contributed by atoms with Crippen LogP contribution in [0, 0.1) is 13.8 Å². The Labute approximate surface area is 162 Å². The number of nitrogens with zero attached hydrogens (tertiary/aromatic N) is 1. The number of methoxy groups -OCH3 is 1. The van der Waals surface area contributed by atoms with Gasteiger partial charge in [0.25, 0.3) is 0 Å². The highest BCUT2D eigenvalue weighted by atomic mass is 79.9. The van der Waals surface area contributed by atoms with Gasteiger partial charge in [0.15, 0.2) is 0 Å². The molecule has 136 valence electrons. The van der Waals surface area contributed by atoms with E-state index < -0.39 is 0 Å². The molecule has 3 aromatic rings. The lowest BCUT2D eigenvalue weighted by atomic mass is 10.1. The number of para-hydroxylation sites is 3. The van der Waals surface area contributed by atoms with Gasteiger partial charge in [0.05, 0.1) is 18.5 Å². The molecule has 0 fully saturated rings. The molecule has 0 spiro atoms. The zero-order chi connectivity index (χ0) is 19.1. The average Bonchev–Trinajstić information content (AvgIpc) is 2.67. The van der Waals surface area contributed by atoms with Crippen LogP contribution >= 0.6 is 15.9 Å². The van der Waals surface area contributed by atoms with E-state index in [-0.39, 0.29) is 0 Å². The monoisotopic (exact) mass is 415 g/mol. The molecule has 0 amide bonds. The molecule has 0 aliphatic heterocycles. The minimum absolute atomic E-state index is 0.850. The molecule has 0 aliphatic carbocycles. The minimum atomic E-state index is 0.850. The molecule has 0 saturated carbocycles. The fourth-order valence-corrected chi connectivity index (χ4v) is 3.72. The van der Waals surface area contributed by atoms with Crippen LogP contribution in [0.25, 0.3) is 0 Å². The maximum atomic E-state index is 6.00. The van der Waals surface area contributed by atoms with E-state index in [2.05, 4.69) is 77.1 Å². The maximum absolute atomic E-state index is 6.00. The predicted molar refractivity (Wildman–Crippen MR) is 110 cm³/mol.